The van der Waals surface area contributed by atoms with Gasteiger partial charge in [-0.1, -0.05) is 17.7 Å². The van der Waals surface area contributed by atoms with Crippen LogP contribution >= 0.6 is 0 Å². The van der Waals surface area contributed by atoms with Gasteiger partial charge in [0.2, 0.25) is 0 Å². The van der Waals surface area contributed by atoms with Crippen LogP contribution in [0.15, 0.2) is 24.3 Å². The Morgan fingerprint density at radius 2 is 1.59 bits per heavy atom. The number of nitrogens with one attached hydrogen (secondary N) is 1. The number of benzene rings is 1. The maximum atomic E-state index is 12.5. The number of carbonyl (C=O) groups excluding carboxylic acids is 2. The fourth-order valence-electron chi connectivity index (χ4n) is 2.54. The van der Waals surface area contributed by atoms with E-state index in [1.54, 1.807) is 4.90 Å². The summed E-state index contributed by atoms with van der Waals surface area (Å²) in [6.45, 7) is 8.44. The number of aryl methyl sites for hydroxylation is 1. The van der Waals surface area contributed by atoms with Crippen LogP contribution in [0.1, 0.15) is 36.2 Å². The van der Waals surface area contributed by atoms with Gasteiger partial charge in [-0.15, -0.1) is 0 Å². The van der Waals surface area contributed by atoms with Gasteiger partial charge in [-0.05, 0) is 39.3 Å². The molecule has 0 aromatic heterocycles. The summed E-state index contributed by atoms with van der Waals surface area (Å²) in [4.78, 5) is 28.2. The monoisotopic (exact) mass is 303 g/mol. The summed E-state index contributed by atoms with van der Waals surface area (Å²) >= 11 is 0. The average molecular weight is 303 g/mol. The van der Waals surface area contributed by atoms with Gasteiger partial charge in [-0.25, -0.2) is 4.79 Å². The lowest BCUT2D eigenvalue weighted by atomic mass is 10.1. The van der Waals surface area contributed by atoms with E-state index < -0.39 is 0 Å². The lowest BCUT2D eigenvalue weighted by Crippen LogP contribution is -2.44. The van der Waals surface area contributed by atoms with Crippen molar-refractivity contribution in [3.05, 3.63) is 35.4 Å². The third kappa shape index (κ3) is 4.23. The van der Waals surface area contributed by atoms with Crippen LogP contribution in [0.25, 0.3) is 0 Å². The Labute approximate surface area is 132 Å². The SMILES string of the molecule is Cc1ccc(C(=O)N2CCCN(C(=O)NC(C)C)CC2)cc1. The van der Waals surface area contributed by atoms with E-state index in [-0.39, 0.29) is 18.0 Å². The van der Waals surface area contributed by atoms with E-state index >= 15 is 0 Å². The molecule has 0 saturated carbocycles. The molecule has 1 N–H and O–H groups in total. The summed E-state index contributed by atoms with van der Waals surface area (Å²) < 4.78 is 0. The van der Waals surface area contributed by atoms with Crippen LogP contribution in [0.4, 0.5) is 4.79 Å². The van der Waals surface area contributed by atoms with Crippen LogP contribution in [0.5, 0.6) is 0 Å². The van der Waals surface area contributed by atoms with E-state index in [4.69, 9.17) is 0 Å². The van der Waals surface area contributed by atoms with Crippen molar-refractivity contribution in [1.82, 2.24) is 15.1 Å². The third-order valence-corrected chi connectivity index (χ3v) is 3.78. The minimum absolute atomic E-state index is 0.0420. The summed E-state index contributed by atoms with van der Waals surface area (Å²) in [6.07, 6.45) is 0.809. The fraction of sp³-hybridized carbons (Fsp3) is 0.529. The van der Waals surface area contributed by atoms with Crippen molar-refractivity contribution in [1.29, 1.82) is 0 Å². The van der Waals surface area contributed by atoms with Crippen LogP contribution in [-0.4, -0.2) is 54.0 Å². The van der Waals surface area contributed by atoms with Crippen LogP contribution < -0.4 is 5.32 Å². The molecule has 0 radical (unpaired) electrons. The molecule has 1 aliphatic heterocycles. The predicted octanol–water partition coefficient (Wildman–Crippen LogP) is 2.26. The quantitative estimate of drug-likeness (QED) is 0.911. The molecule has 5 nitrogen and oxygen atoms in total. The molecule has 22 heavy (non-hydrogen) atoms. The Kier molecular flexibility index (Phi) is 5.41. The molecule has 1 saturated heterocycles. The molecule has 1 aliphatic rings. The van der Waals surface area contributed by atoms with Crippen molar-refractivity contribution < 1.29 is 9.59 Å². The summed E-state index contributed by atoms with van der Waals surface area (Å²) in [5.41, 5.74) is 1.86. The molecule has 1 aromatic rings. The van der Waals surface area contributed by atoms with Crippen molar-refractivity contribution >= 4 is 11.9 Å². The topological polar surface area (TPSA) is 52.7 Å². The molecule has 0 bridgehead atoms. The summed E-state index contributed by atoms with van der Waals surface area (Å²) in [5, 5.41) is 2.91. The number of urea groups is 1. The maximum Gasteiger partial charge on any atom is 0.317 e. The number of hydrogen-bond acceptors (Lipinski definition) is 2. The molecule has 1 fully saturated rings. The minimum Gasteiger partial charge on any atom is -0.337 e. The van der Waals surface area contributed by atoms with Gasteiger partial charge in [0.05, 0.1) is 0 Å². The molecule has 3 amide bonds. The van der Waals surface area contributed by atoms with E-state index in [2.05, 4.69) is 5.32 Å². The van der Waals surface area contributed by atoms with Crippen LogP contribution in [-0.2, 0) is 0 Å². The molecule has 120 valence electrons. The van der Waals surface area contributed by atoms with Crippen molar-refractivity contribution in [3.8, 4) is 0 Å². The highest BCUT2D eigenvalue weighted by molar-refractivity contribution is 5.94. The summed E-state index contributed by atoms with van der Waals surface area (Å²) in [6, 6.07) is 7.72. The van der Waals surface area contributed by atoms with E-state index in [9.17, 15) is 9.59 Å². The number of nitrogens with zero attached hydrogens (tertiary/aromatic N) is 2. The van der Waals surface area contributed by atoms with E-state index in [1.165, 1.54) is 0 Å². The normalized spacial score (nSPS) is 15.6. The molecule has 1 heterocycles. The predicted molar refractivity (Wildman–Crippen MR) is 86.9 cm³/mol. The fourth-order valence-corrected chi connectivity index (χ4v) is 2.54. The largest absolute Gasteiger partial charge is 0.337 e. The molecule has 5 heteroatoms. The third-order valence-electron chi connectivity index (χ3n) is 3.78. The second kappa shape index (κ2) is 7.29. The van der Waals surface area contributed by atoms with Gasteiger partial charge in [0.25, 0.3) is 5.91 Å². The number of amides is 3. The number of hydrogen-bond donors (Lipinski definition) is 1. The molecule has 0 atom stereocenters. The van der Waals surface area contributed by atoms with Gasteiger partial charge in [0, 0.05) is 37.8 Å². The van der Waals surface area contributed by atoms with E-state index in [1.807, 2.05) is 49.9 Å². The second-order valence-electron chi connectivity index (χ2n) is 6.10. The molecule has 0 spiro atoms. The molecule has 2 rings (SSSR count). The van der Waals surface area contributed by atoms with Crippen LogP contribution in [0.3, 0.4) is 0 Å². The lowest BCUT2D eigenvalue weighted by Gasteiger charge is -2.23. The zero-order valence-electron chi connectivity index (χ0n) is 13.6. The van der Waals surface area contributed by atoms with E-state index in [0.29, 0.717) is 31.7 Å². The van der Waals surface area contributed by atoms with Crippen molar-refractivity contribution in [2.45, 2.75) is 33.2 Å². The molecule has 0 aliphatic carbocycles. The zero-order chi connectivity index (χ0) is 16.1. The molecular weight excluding hydrogens is 278 g/mol. The van der Waals surface area contributed by atoms with Gasteiger partial charge in [-0.3, -0.25) is 4.79 Å². The second-order valence-corrected chi connectivity index (χ2v) is 6.10. The van der Waals surface area contributed by atoms with Crippen molar-refractivity contribution in [3.63, 3.8) is 0 Å². The Hall–Kier alpha value is -2.04. The molecular formula is C17H25N3O2. The van der Waals surface area contributed by atoms with E-state index in [0.717, 1.165) is 12.0 Å². The number of rotatable bonds is 2. The highest BCUT2D eigenvalue weighted by Crippen LogP contribution is 2.10. The van der Waals surface area contributed by atoms with Crippen molar-refractivity contribution in [2.24, 2.45) is 0 Å². The number of carbonyl (C=O) groups is 2. The van der Waals surface area contributed by atoms with Crippen LogP contribution in [0.2, 0.25) is 0 Å². The van der Waals surface area contributed by atoms with Crippen LogP contribution in [0, 0.1) is 6.92 Å². The molecule has 0 unspecified atom stereocenters. The first-order valence-corrected chi connectivity index (χ1v) is 7.89. The Bertz CT molecular complexity index is 525. The minimum atomic E-state index is -0.0420. The average Bonchev–Trinajstić information content (AvgIpc) is 2.72. The van der Waals surface area contributed by atoms with Gasteiger partial charge in [0.15, 0.2) is 0 Å². The maximum absolute atomic E-state index is 12.5. The Balaban J connectivity index is 1.96. The first-order chi connectivity index (χ1) is 10.5. The standard InChI is InChI=1S/C17H25N3O2/c1-13(2)18-17(22)20-10-4-9-19(11-12-20)16(21)15-7-5-14(3)6-8-15/h5-8,13H,4,9-12H2,1-3H3,(H,18,22). The lowest BCUT2D eigenvalue weighted by molar-refractivity contribution is 0.0762. The summed E-state index contributed by atoms with van der Waals surface area (Å²) in [7, 11) is 0. The smallest absolute Gasteiger partial charge is 0.317 e. The van der Waals surface area contributed by atoms with Gasteiger partial charge in [0.1, 0.15) is 0 Å². The Morgan fingerprint density at radius 1 is 1.00 bits per heavy atom. The van der Waals surface area contributed by atoms with Gasteiger partial charge in [-0.2, -0.15) is 0 Å². The van der Waals surface area contributed by atoms with Crippen molar-refractivity contribution in [2.75, 3.05) is 26.2 Å². The van der Waals surface area contributed by atoms with Gasteiger partial charge >= 0.3 is 6.03 Å². The Morgan fingerprint density at radius 3 is 2.23 bits per heavy atom. The molecule has 1 aromatic carbocycles. The highest BCUT2D eigenvalue weighted by Gasteiger charge is 2.22. The highest BCUT2D eigenvalue weighted by atomic mass is 16.2. The first-order valence-electron chi connectivity index (χ1n) is 7.89. The van der Waals surface area contributed by atoms with Gasteiger partial charge < -0.3 is 15.1 Å². The zero-order valence-corrected chi connectivity index (χ0v) is 13.6. The summed E-state index contributed by atoms with van der Waals surface area (Å²) in [5.74, 6) is 0.0473. The first kappa shape index (κ1) is 16.3.